The van der Waals surface area contributed by atoms with E-state index >= 15 is 0 Å². The summed E-state index contributed by atoms with van der Waals surface area (Å²) in [5.41, 5.74) is 7.04. The summed E-state index contributed by atoms with van der Waals surface area (Å²) >= 11 is 0. The van der Waals surface area contributed by atoms with Crippen LogP contribution >= 0.6 is 0 Å². The first kappa shape index (κ1) is 14.1. The number of rotatable bonds is 4. The molecule has 0 radical (unpaired) electrons. The molecule has 0 aliphatic heterocycles. The van der Waals surface area contributed by atoms with E-state index in [1.54, 1.807) is 6.20 Å². The van der Waals surface area contributed by atoms with E-state index in [4.69, 9.17) is 5.73 Å². The standard InChI is InChI=1S/C15H26N4/c1-12-5-4-7-15(10-12,19(2)3)11-18-13-6-8-17-14(16)9-13/h6,8-9,12H,4-5,7,10-11H2,1-3H3,(H3,16,17,18). The van der Waals surface area contributed by atoms with Crippen molar-refractivity contribution in [2.75, 3.05) is 31.7 Å². The zero-order chi connectivity index (χ0) is 13.9. The van der Waals surface area contributed by atoms with Crippen LogP contribution in [0.25, 0.3) is 0 Å². The molecule has 19 heavy (non-hydrogen) atoms. The molecule has 0 bridgehead atoms. The highest BCUT2D eigenvalue weighted by molar-refractivity contribution is 5.49. The van der Waals surface area contributed by atoms with Gasteiger partial charge < -0.3 is 16.0 Å². The van der Waals surface area contributed by atoms with Crippen molar-refractivity contribution in [2.24, 2.45) is 5.92 Å². The van der Waals surface area contributed by atoms with E-state index in [-0.39, 0.29) is 5.54 Å². The molecular formula is C15H26N4. The number of pyridine rings is 1. The van der Waals surface area contributed by atoms with Gasteiger partial charge in [0.15, 0.2) is 0 Å². The summed E-state index contributed by atoms with van der Waals surface area (Å²) in [4.78, 5) is 6.42. The molecule has 2 atom stereocenters. The minimum absolute atomic E-state index is 0.260. The van der Waals surface area contributed by atoms with Crippen molar-refractivity contribution >= 4 is 11.5 Å². The highest BCUT2D eigenvalue weighted by Gasteiger charge is 2.36. The van der Waals surface area contributed by atoms with E-state index in [0.717, 1.165) is 18.2 Å². The summed E-state index contributed by atoms with van der Waals surface area (Å²) in [7, 11) is 4.39. The summed E-state index contributed by atoms with van der Waals surface area (Å²) < 4.78 is 0. The van der Waals surface area contributed by atoms with Gasteiger partial charge >= 0.3 is 0 Å². The molecule has 0 amide bonds. The number of hydrogen-bond donors (Lipinski definition) is 2. The Balaban J connectivity index is 2.05. The number of nitrogens with zero attached hydrogens (tertiary/aromatic N) is 2. The molecule has 2 rings (SSSR count). The van der Waals surface area contributed by atoms with Crippen LogP contribution < -0.4 is 11.1 Å². The van der Waals surface area contributed by atoms with Crippen LogP contribution in [0.2, 0.25) is 0 Å². The minimum Gasteiger partial charge on any atom is -0.384 e. The molecule has 106 valence electrons. The van der Waals surface area contributed by atoms with Crippen LogP contribution in [0.1, 0.15) is 32.6 Å². The Labute approximate surface area is 116 Å². The molecule has 4 heteroatoms. The fraction of sp³-hybridized carbons (Fsp3) is 0.667. The molecule has 1 aromatic heterocycles. The predicted molar refractivity (Wildman–Crippen MR) is 81.2 cm³/mol. The maximum Gasteiger partial charge on any atom is 0.125 e. The maximum absolute atomic E-state index is 5.72. The van der Waals surface area contributed by atoms with E-state index in [1.165, 1.54) is 25.7 Å². The SMILES string of the molecule is CC1CCCC(CNc2ccnc(N)c2)(N(C)C)C1. The van der Waals surface area contributed by atoms with Crippen LogP contribution in [0, 0.1) is 5.92 Å². The lowest BCUT2D eigenvalue weighted by atomic mass is 9.75. The summed E-state index contributed by atoms with van der Waals surface area (Å²) in [5.74, 6) is 1.38. The van der Waals surface area contributed by atoms with Crippen molar-refractivity contribution in [3.05, 3.63) is 18.3 Å². The third-order valence-electron chi connectivity index (χ3n) is 4.42. The highest BCUT2D eigenvalue weighted by Crippen LogP contribution is 2.35. The Kier molecular flexibility index (Phi) is 4.30. The molecule has 4 nitrogen and oxygen atoms in total. The molecule has 1 saturated carbocycles. The van der Waals surface area contributed by atoms with Crippen molar-refractivity contribution in [3.8, 4) is 0 Å². The van der Waals surface area contributed by atoms with Gasteiger partial charge in [-0.05, 0) is 38.9 Å². The van der Waals surface area contributed by atoms with E-state index < -0.39 is 0 Å². The summed E-state index contributed by atoms with van der Waals surface area (Å²) in [6, 6.07) is 3.88. The van der Waals surface area contributed by atoms with Gasteiger partial charge in [-0.25, -0.2) is 4.98 Å². The lowest BCUT2D eigenvalue weighted by Gasteiger charge is -2.45. The van der Waals surface area contributed by atoms with Crippen LogP contribution in [0.5, 0.6) is 0 Å². The number of nitrogen functional groups attached to an aromatic ring is 1. The number of likely N-dealkylation sites (N-methyl/N-ethyl adjacent to an activating group) is 1. The number of nitrogens with two attached hydrogens (primary N) is 1. The fourth-order valence-corrected chi connectivity index (χ4v) is 3.18. The zero-order valence-electron chi connectivity index (χ0n) is 12.3. The third-order valence-corrected chi connectivity index (χ3v) is 4.42. The molecule has 2 unspecified atom stereocenters. The van der Waals surface area contributed by atoms with E-state index in [9.17, 15) is 0 Å². The van der Waals surface area contributed by atoms with Gasteiger partial charge in [0.05, 0.1) is 0 Å². The van der Waals surface area contributed by atoms with Crippen molar-refractivity contribution in [1.82, 2.24) is 9.88 Å². The van der Waals surface area contributed by atoms with Gasteiger partial charge in [0.1, 0.15) is 5.82 Å². The van der Waals surface area contributed by atoms with Gasteiger partial charge in [0.2, 0.25) is 0 Å². The Hall–Kier alpha value is -1.29. The molecule has 1 aliphatic rings. The van der Waals surface area contributed by atoms with E-state index in [2.05, 4.69) is 36.2 Å². The average molecular weight is 262 g/mol. The number of aromatic nitrogens is 1. The number of nitrogens with one attached hydrogen (secondary N) is 1. The maximum atomic E-state index is 5.72. The normalized spacial score (nSPS) is 27.5. The van der Waals surface area contributed by atoms with Crippen molar-refractivity contribution in [3.63, 3.8) is 0 Å². The Morgan fingerprint density at radius 2 is 2.32 bits per heavy atom. The predicted octanol–water partition coefficient (Wildman–Crippen LogP) is 2.59. The monoisotopic (exact) mass is 262 g/mol. The molecule has 1 fully saturated rings. The van der Waals surface area contributed by atoms with Gasteiger partial charge in [0, 0.05) is 30.0 Å². The molecule has 0 saturated heterocycles. The van der Waals surface area contributed by atoms with E-state index in [0.29, 0.717) is 5.82 Å². The van der Waals surface area contributed by atoms with Gasteiger partial charge in [-0.2, -0.15) is 0 Å². The largest absolute Gasteiger partial charge is 0.384 e. The van der Waals surface area contributed by atoms with Gasteiger partial charge in [-0.3, -0.25) is 0 Å². The Bertz CT molecular complexity index is 418. The van der Waals surface area contributed by atoms with Crippen LogP contribution in [-0.2, 0) is 0 Å². The van der Waals surface area contributed by atoms with Crippen molar-refractivity contribution in [2.45, 2.75) is 38.1 Å². The quantitative estimate of drug-likeness (QED) is 0.875. The first-order valence-electron chi connectivity index (χ1n) is 7.15. The summed E-state index contributed by atoms with van der Waals surface area (Å²) in [6.45, 7) is 3.33. The third kappa shape index (κ3) is 3.38. The van der Waals surface area contributed by atoms with E-state index in [1.807, 2.05) is 12.1 Å². The van der Waals surface area contributed by atoms with Gasteiger partial charge in [-0.15, -0.1) is 0 Å². The van der Waals surface area contributed by atoms with Crippen LogP contribution in [0.15, 0.2) is 18.3 Å². The smallest absolute Gasteiger partial charge is 0.125 e. The second-order valence-electron chi connectivity index (χ2n) is 6.14. The van der Waals surface area contributed by atoms with Crippen molar-refractivity contribution < 1.29 is 0 Å². The first-order chi connectivity index (χ1) is 9.02. The van der Waals surface area contributed by atoms with Gasteiger partial charge in [-0.1, -0.05) is 19.8 Å². The fourth-order valence-electron chi connectivity index (χ4n) is 3.18. The zero-order valence-corrected chi connectivity index (χ0v) is 12.3. The molecular weight excluding hydrogens is 236 g/mol. The second-order valence-corrected chi connectivity index (χ2v) is 6.14. The number of anilines is 2. The lowest BCUT2D eigenvalue weighted by molar-refractivity contribution is 0.0882. The van der Waals surface area contributed by atoms with Crippen LogP contribution in [0.4, 0.5) is 11.5 Å². The molecule has 0 aromatic carbocycles. The average Bonchev–Trinajstić information content (AvgIpc) is 2.36. The second kappa shape index (κ2) is 5.78. The Morgan fingerprint density at radius 1 is 1.53 bits per heavy atom. The first-order valence-corrected chi connectivity index (χ1v) is 7.15. The molecule has 1 heterocycles. The Morgan fingerprint density at radius 3 is 2.95 bits per heavy atom. The van der Waals surface area contributed by atoms with Crippen LogP contribution in [-0.4, -0.2) is 36.1 Å². The van der Waals surface area contributed by atoms with Crippen LogP contribution in [0.3, 0.4) is 0 Å². The minimum atomic E-state index is 0.260. The summed E-state index contributed by atoms with van der Waals surface area (Å²) in [6.07, 6.45) is 6.95. The highest BCUT2D eigenvalue weighted by atomic mass is 15.2. The summed E-state index contributed by atoms with van der Waals surface area (Å²) in [5, 5.41) is 3.54. The molecule has 1 aromatic rings. The molecule has 3 N–H and O–H groups in total. The molecule has 1 aliphatic carbocycles. The van der Waals surface area contributed by atoms with Gasteiger partial charge in [0.25, 0.3) is 0 Å². The number of hydrogen-bond acceptors (Lipinski definition) is 4. The lowest BCUT2D eigenvalue weighted by Crippen LogP contribution is -2.52. The van der Waals surface area contributed by atoms with Crippen molar-refractivity contribution in [1.29, 1.82) is 0 Å². The topological polar surface area (TPSA) is 54.2 Å². The molecule has 0 spiro atoms.